The topological polar surface area (TPSA) is 187 Å². The molecule has 136 valence electrons. The van der Waals surface area contributed by atoms with Gasteiger partial charge in [-0.2, -0.15) is 0 Å². The summed E-state index contributed by atoms with van der Waals surface area (Å²) < 4.78 is 4.77. The van der Waals surface area contributed by atoms with Gasteiger partial charge in [0, 0.05) is 13.1 Å². The second kappa shape index (κ2) is 9.80. The molecule has 1 saturated heterocycles. The second-order valence-corrected chi connectivity index (χ2v) is 5.30. The van der Waals surface area contributed by atoms with Gasteiger partial charge in [-0.1, -0.05) is 0 Å². The van der Waals surface area contributed by atoms with Crippen molar-refractivity contribution in [2.24, 2.45) is 17.2 Å². The smallest absolute Gasteiger partial charge is 0.338 e. The molecular weight excluding hydrogens is 320 g/mol. The number of nitrogens with zero attached hydrogens (tertiary/aromatic N) is 1. The van der Waals surface area contributed by atoms with E-state index in [2.05, 4.69) is 5.32 Å². The van der Waals surface area contributed by atoms with Crippen molar-refractivity contribution in [3.05, 3.63) is 0 Å². The van der Waals surface area contributed by atoms with Crippen LogP contribution in [0, 0.1) is 5.41 Å². The van der Waals surface area contributed by atoms with Gasteiger partial charge in [0.2, 0.25) is 0 Å². The van der Waals surface area contributed by atoms with Crippen LogP contribution in [-0.4, -0.2) is 60.6 Å². The molecule has 0 amide bonds. The van der Waals surface area contributed by atoms with E-state index in [1.807, 2.05) is 0 Å². The average Bonchev–Trinajstić information content (AvgIpc) is 2.98. The minimum atomic E-state index is -0.968. The summed E-state index contributed by atoms with van der Waals surface area (Å²) in [6.45, 7) is 0.439. The Balaban J connectivity index is 2.40. The van der Waals surface area contributed by atoms with Crippen LogP contribution >= 0.6 is 0 Å². The monoisotopic (exact) mass is 344 g/mol. The van der Waals surface area contributed by atoms with Gasteiger partial charge in [0.15, 0.2) is 5.96 Å². The Kier molecular flexibility index (Phi) is 8.09. The van der Waals surface area contributed by atoms with E-state index in [4.69, 9.17) is 32.2 Å². The average molecular weight is 344 g/mol. The maximum Gasteiger partial charge on any atom is 0.338 e. The number of nitrogens with one attached hydrogen (secondary N) is 2. The molecule has 0 aliphatic carbocycles. The number of guanidine groups is 1. The lowest BCUT2D eigenvalue weighted by Gasteiger charge is -2.21. The van der Waals surface area contributed by atoms with Crippen LogP contribution in [-0.2, 0) is 24.0 Å². The molecule has 0 spiro atoms. The Bertz CT molecular complexity index is 485. The van der Waals surface area contributed by atoms with Crippen LogP contribution in [0.5, 0.6) is 0 Å². The Labute approximate surface area is 139 Å². The fraction of sp³-hybridized carbons (Fsp3) is 0.692. The first-order valence-corrected chi connectivity index (χ1v) is 7.61. The van der Waals surface area contributed by atoms with Crippen LogP contribution < -0.4 is 22.5 Å². The first-order chi connectivity index (χ1) is 11.3. The van der Waals surface area contributed by atoms with Gasteiger partial charge < -0.3 is 32.1 Å². The van der Waals surface area contributed by atoms with E-state index in [1.165, 1.54) is 5.06 Å². The number of nitrogens with two attached hydrogens (primary N) is 3. The largest absolute Gasteiger partial charge is 0.391 e. The Morgan fingerprint density at radius 3 is 2.71 bits per heavy atom. The van der Waals surface area contributed by atoms with Crippen LogP contribution in [0.3, 0.4) is 0 Å². The molecule has 0 radical (unpaired) electrons. The van der Waals surface area contributed by atoms with E-state index in [0.29, 0.717) is 32.4 Å². The summed E-state index contributed by atoms with van der Waals surface area (Å²) in [6, 6.07) is -1.81. The van der Waals surface area contributed by atoms with Gasteiger partial charge >= 0.3 is 17.9 Å². The normalized spacial score (nSPS) is 18.7. The lowest BCUT2D eigenvalue weighted by molar-refractivity contribution is -0.199. The zero-order chi connectivity index (χ0) is 18.1. The predicted octanol–water partition coefficient (Wildman–Crippen LogP) is -2.47. The second-order valence-electron chi connectivity index (χ2n) is 5.30. The molecule has 2 atom stereocenters. The lowest BCUT2D eigenvalue weighted by Crippen LogP contribution is -2.43. The van der Waals surface area contributed by atoms with E-state index < -0.39 is 30.0 Å². The fourth-order valence-corrected chi connectivity index (χ4v) is 2.16. The number of rotatable bonds is 8. The van der Waals surface area contributed by atoms with Gasteiger partial charge in [-0.3, -0.25) is 5.41 Å². The Hall–Kier alpha value is -2.24. The zero-order valence-corrected chi connectivity index (χ0v) is 13.3. The Morgan fingerprint density at radius 1 is 1.38 bits per heavy atom. The molecule has 1 fully saturated rings. The van der Waals surface area contributed by atoms with Gasteiger partial charge in [-0.15, -0.1) is 5.06 Å². The van der Waals surface area contributed by atoms with Crippen molar-refractivity contribution in [1.29, 1.82) is 5.41 Å². The molecule has 1 aliphatic heterocycles. The van der Waals surface area contributed by atoms with Gasteiger partial charge in [0.05, 0.1) is 6.54 Å². The number of carbonyl (C=O) groups is 3. The van der Waals surface area contributed by atoms with Crippen LogP contribution in [0.1, 0.15) is 25.7 Å². The van der Waals surface area contributed by atoms with Gasteiger partial charge in [0.1, 0.15) is 12.1 Å². The highest BCUT2D eigenvalue weighted by atomic mass is 16.7. The molecule has 24 heavy (non-hydrogen) atoms. The highest BCUT2D eigenvalue weighted by Crippen LogP contribution is 2.19. The molecule has 0 aromatic heterocycles. The van der Waals surface area contributed by atoms with Crippen LogP contribution in [0.4, 0.5) is 0 Å². The zero-order valence-electron chi connectivity index (χ0n) is 13.3. The summed E-state index contributed by atoms with van der Waals surface area (Å²) in [7, 11) is 0. The van der Waals surface area contributed by atoms with Crippen molar-refractivity contribution in [2.45, 2.75) is 37.8 Å². The third kappa shape index (κ3) is 6.48. The van der Waals surface area contributed by atoms with E-state index in [1.54, 1.807) is 0 Å². The van der Waals surface area contributed by atoms with Crippen LogP contribution in [0.2, 0.25) is 0 Å². The van der Waals surface area contributed by atoms with Crippen molar-refractivity contribution < 1.29 is 24.0 Å². The van der Waals surface area contributed by atoms with Crippen LogP contribution in [0.15, 0.2) is 0 Å². The number of hydrogen-bond acceptors (Lipinski definition) is 9. The summed E-state index contributed by atoms with van der Waals surface area (Å²) in [6.07, 6.45) is 1.77. The summed E-state index contributed by atoms with van der Waals surface area (Å²) in [5.74, 6) is -2.50. The number of esters is 2. The van der Waals surface area contributed by atoms with Crippen molar-refractivity contribution in [1.82, 2.24) is 10.4 Å². The number of ether oxygens (including phenoxy) is 1. The van der Waals surface area contributed by atoms with E-state index >= 15 is 0 Å². The number of hydroxylamine groups is 2. The third-order valence-corrected chi connectivity index (χ3v) is 3.37. The molecule has 0 unspecified atom stereocenters. The Morgan fingerprint density at radius 2 is 2.08 bits per heavy atom. The van der Waals surface area contributed by atoms with Gasteiger partial charge in [-0.25, -0.2) is 14.4 Å². The van der Waals surface area contributed by atoms with Gasteiger partial charge in [0.25, 0.3) is 0 Å². The SMILES string of the molecule is N=C(N)NCCC[C@H](N)C(=O)OC(=O)[C@@H]1CCCN1OC(=O)CN. The van der Waals surface area contributed by atoms with Crippen molar-refractivity contribution in [2.75, 3.05) is 19.6 Å². The summed E-state index contributed by atoms with van der Waals surface area (Å²) >= 11 is 0. The minimum Gasteiger partial charge on any atom is -0.391 e. The molecule has 1 heterocycles. The number of carbonyl (C=O) groups excluding carboxylic acids is 3. The highest BCUT2D eigenvalue weighted by molar-refractivity contribution is 5.90. The fourth-order valence-electron chi connectivity index (χ4n) is 2.16. The third-order valence-electron chi connectivity index (χ3n) is 3.37. The molecule has 0 saturated carbocycles. The van der Waals surface area contributed by atoms with E-state index in [-0.39, 0.29) is 18.9 Å². The molecule has 0 aromatic carbocycles. The predicted molar refractivity (Wildman–Crippen MR) is 83.1 cm³/mol. The van der Waals surface area contributed by atoms with E-state index in [9.17, 15) is 14.4 Å². The van der Waals surface area contributed by atoms with Gasteiger partial charge in [-0.05, 0) is 25.7 Å². The minimum absolute atomic E-state index is 0.172. The molecule has 8 N–H and O–H groups in total. The summed E-state index contributed by atoms with van der Waals surface area (Å²) in [5, 5.41) is 10.7. The van der Waals surface area contributed by atoms with Crippen molar-refractivity contribution in [3.63, 3.8) is 0 Å². The quantitative estimate of drug-likeness (QED) is 0.104. The summed E-state index contributed by atoms with van der Waals surface area (Å²) in [4.78, 5) is 40.0. The summed E-state index contributed by atoms with van der Waals surface area (Å²) in [5.41, 5.74) is 15.9. The maximum absolute atomic E-state index is 12.0. The number of hydrogen-bond donors (Lipinski definition) is 5. The highest BCUT2D eigenvalue weighted by Gasteiger charge is 2.36. The van der Waals surface area contributed by atoms with Crippen molar-refractivity contribution >= 4 is 23.9 Å². The van der Waals surface area contributed by atoms with E-state index in [0.717, 1.165) is 0 Å². The molecule has 11 nitrogen and oxygen atoms in total. The first-order valence-electron chi connectivity index (χ1n) is 7.61. The maximum atomic E-state index is 12.0. The molecule has 1 rings (SSSR count). The van der Waals surface area contributed by atoms with Crippen molar-refractivity contribution in [3.8, 4) is 0 Å². The molecule has 0 aromatic rings. The standard InChI is InChI=1S/C13H24N6O5/c14-7-10(20)24-19-6-2-4-9(19)12(22)23-11(21)8(15)3-1-5-18-13(16)17/h8-9H,1-7,14-15H2,(H4,16,17,18)/t8-,9-/m0/s1. The lowest BCUT2D eigenvalue weighted by atomic mass is 10.1. The molecule has 0 bridgehead atoms. The van der Waals surface area contributed by atoms with Crippen LogP contribution in [0.25, 0.3) is 0 Å². The first kappa shape index (κ1) is 19.8. The molecular formula is C13H24N6O5. The molecule has 11 heteroatoms. The molecule has 1 aliphatic rings.